The molecule has 0 fully saturated rings. The Morgan fingerprint density at radius 1 is 1.04 bits per heavy atom. The number of carbonyl (C=O) groups excluding carboxylic acids is 1. The zero-order chi connectivity index (χ0) is 19.5. The van der Waals surface area contributed by atoms with Crippen molar-refractivity contribution in [2.45, 2.75) is 39.0 Å². The van der Waals surface area contributed by atoms with Crippen LogP contribution in [-0.2, 0) is 30.8 Å². The molecule has 6 heteroatoms. The molecule has 4 rings (SSSR count). The summed E-state index contributed by atoms with van der Waals surface area (Å²) in [5.41, 5.74) is 3.03. The van der Waals surface area contributed by atoms with Gasteiger partial charge in [0.1, 0.15) is 5.82 Å². The number of benzene rings is 2. The number of nitrogens with zero attached hydrogens (tertiary/aromatic N) is 4. The van der Waals surface area contributed by atoms with Crippen LogP contribution in [0.4, 0.5) is 0 Å². The Balaban J connectivity index is 1.52. The van der Waals surface area contributed by atoms with Crippen molar-refractivity contribution in [1.29, 1.82) is 0 Å². The molecule has 0 radical (unpaired) electrons. The van der Waals surface area contributed by atoms with Crippen LogP contribution in [-0.4, -0.2) is 37.2 Å². The van der Waals surface area contributed by atoms with E-state index in [1.54, 1.807) is 0 Å². The van der Waals surface area contributed by atoms with Crippen molar-refractivity contribution in [3.8, 4) is 0 Å². The highest BCUT2D eigenvalue weighted by Crippen LogP contribution is 2.25. The lowest BCUT2D eigenvalue weighted by molar-refractivity contribution is -0.132. The number of rotatable bonds is 5. The van der Waals surface area contributed by atoms with Crippen molar-refractivity contribution in [1.82, 2.24) is 19.7 Å². The summed E-state index contributed by atoms with van der Waals surface area (Å²) in [6.45, 7) is 3.11. The van der Waals surface area contributed by atoms with Gasteiger partial charge in [0.15, 0.2) is 5.82 Å². The first kappa shape index (κ1) is 18.4. The predicted molar refractivity (Wildman–Crippen MR) is 105 cm³/mol. The lowest BCUT2D eigenvalue weighted by Gasteiger charge is -2.34. The zero-order valence-corrected chi connectivity index (χ0v) is 16.0. The van der Waals surface area contributed by atoms with E-state index in [-0.39, 0.29) is 18.6 Å². The lowest BCUT2D eigenvalue weighted by atomic mass is 10.0. The molecule has 1 amide bonds. The van der Waals surface area contributed by atoms with E-state index in [0.29, 0.717) is 19.5 Å². The van der Waals surface area contributed by atoms with Gasteiger partial charge in [-0.15, -0.1) is 10.2 Å². The second kappa shape index (κ2) is 7.94. The minimum atomic E-state index is 0.0104. The number of aryl methyl sites for hydroxylation is 1. The van der Waals surface area contributed by atoms with Gasteiger partial charge in [-0.3, -0.25) is 4.79 Å². The van der Waals surface area contributed by atoms with Crippen LogP contribution in [0, 0.1) is 6.92 Å². The van der Waals surface area contributed by atoms with Gasteiger partial charge in [-0.2, -0.15) is 0 Å². The summed E-state index contributed by atoms with van der Waals surface area (Å²) in [6, 6.07) is 18.0. The first-order valence-corrected chi connectivity index (χ1v) is 9.55. The third-order valence-electron chi connectivity index (χ3n) is 5.29. The second-order valence-electron chi connectivity index (χ2n) is 7.30. The van der Waals surface area contributed by atoms with Gasteiger partial charge in [-0.25, -0.2) is 0 Å². The summed E-state index contributed by atoms with van der Waals surface area (Å²) < 4.78 is 2.17. The molecule has 0 spiro atoms. The summed E-state index contributed by atoms with van der Waals surface area (Å²) >= 11 is 0. The maximum atomic E-state index is 13.0. The Labute approximate surface area is 164 Å². The number of hydrogen-bond acceptors (Lipinski definition) is 4. The molecule has 1 aromatic heterocycles. The fraction of sp³-hybridized carbons (Fsp3) is 0.318. The van der Waals surface area contributed by atoms with E-state index in [1.807, 2.05) is 54.3 Å². The van der Waals surface area contributed by atoms with Crippen LogP contribution in [0.25, 0.3) is 0 Å². The van der Waals surface area contributed by atoms with Crippen molar-refractivity contribution >= 4 is 5.91 Å². The van der Waals surface area contributed by atoms with E-state index in [9.17, 15) is 4.79 Å². The van der Waals surface area contributed by atoms with Crippen LogP contribution in [0.5, 0.6) is 0 Å². The first-order valence-electron chi connectivity index (χ1n) is 9.55. The molecule has 3 aromatic rings. The Kier molecular flexibility index (Phi) is 5.21. The van der Waals surface area contributed by atoms with Crippen LogP contribution in [0.3, 0.4) is 0 Å². The number of amides is 1. The highest BCUT2D eigenvalue weighted by molar-refractivity contribution is 5.79. The van der Waals surface area contributed by atoms with Crippen molar-refractivity contribution in [3.05, 3.63) is 82.9 Å². The van der Waals surface area contributed by atoms with Gasteiger partial charge in [0.05, 0.1) is 25.6 Å². The molecular formula is C22H24N4O2. The summed E-state index contributed by atoms with van der Waals surface area (Å²) in [4.78, 5) is 14.8. The van der Waals surface area contributed by atoms with Crippen molar-refractivity contribution < 1.29 is 9.90 Å². The monoisotopic (exact) mass is 376 g/mol. The van der Waals surface area contributed by atoms with E-state index in [2.05, 4.69) is 26.9 Å². The molecule has 0 saturated heterocycles. The van der Waals surface area contributed by atoms with Crippen LogP contribution in [0.2, 0.25) is 0 Å². The number of aliphatic hydroxyl groups is 1. The normalized spacial score (nSPS) is 16.1. The topological polar surface area (TPSA) is 71.2 Å². The first-order chi connectivity index (χ1) is 13.6. The molecule has 2 aromatic carbocycles. The average Bonchev–Trinajstić information content (AvgIpc) is 3.10. The molecule has 0 saturated carbocycles. The van der Waals surface area contributed by atoms with Crippen LogP contribution in [0.1, 0.15) is 34.4 Å². The maximum absolute atomic E-state index is 13.0. The second-order valence-corrected chi connectivity index (χ2v) is 7.30. The van der Waals surface area contributed by atoms with E-state index in [1.165, 1.54) is 5.56 Å². The highest BCUT2D eigenvalue weighted by atomic mass is 16.3. The summed E-state index contributed by atoms with van der Waals surface area (Å²) in [7, 11) is 0. The minimum absolute atomic E-state index is 0.0104. The Hall–Kier alpha value is -2.99. The fourth-order valence-electron chi connectivity index (χ4n) is 3.85. The molecule has 1 aliphatic rings. The van der Waals surface area contributed by atoms with E-state index in [0.717, 1.165) is 29.2 Å². The molecular weight excluding hydrogens is 352 g/mol. The predicted octanol–water partition coefficient (Wildman–Crippen LogP) is 2.45. The standard InChI is InChI=1S/C22H24N4O2/c1-16-23-24-21-14-25(22(28)12-18-7-9-19(15-27)10-8-18)13-20(26(16)21)11-17-5-3-2-4-6-17/h2-10,20,27H,11-15H2,1H3/t20-/m1/s1. The number of fused-ring (bicyclic) bond motifs is 1. The summed E-state index contributed by atoms with van der Waals surface area (Å²) in [6.07, 6.45) is 1.18. The molecule has 1 atom stereocenters. The van der Waals surface area contributed by atoms with Crippen LogP contribution < -0.4 is 0 Å². The van der Waals surface area contributed by atoms with Gasteiger partial charge in [0, 0.05) is 6.54 Å². The van der Waals surface area contributed by atoms with E-state index in [4.69, 9.17) is 5.11 Å². The molecule has 144 valence electrons. The van der Waals surface area contributed by atoms with Gasteiger partial charge in [-0.1, -0.05) is 54.6 Å². The van der Waals surface area contributed by atoms with Crippen molar-refractivity contribution in [2.75, 3.05) is 6.54 Å². The van der Waals surface area contributed by atoms with Crippen LogP contribution >= 0.6 is 0 Å². The number of aliphatic hydroxyl groups excluding tert-OH is 1. The van der Waals surface area contributed by atoms with E-state index < -0.39 is 0 Å². The lowest BCUT2D eigenvalue weighted by Crippen LogP contribution is -2.42. The average molecular weight is 376 g/mol. The van der Waals surface area contributed by atoms with Gasteiger partial charge >= 0.3 is 0 Å². The van der Waals surface area contributed by atoms with Gasteiger partial charge in [-0.05, 0) is 30.0 Å². The van der Waals surface area contributed by atoms with Crippen LogP contribution in [0.15, 0.2) is 54.6 Å². The summed E-state index contributed by atoms with van der Waals surface area (Å²) in [5.74, 6) is 1.82. The third-order valence-corrected chi connectivity index (χ3v) is 5.29. The SMILES string of the molecule is Cc1nnc2n1[C@H](Cc1ccccc1)CN(C(=O)Cc1ccc(CO)cc1)C2. The van der Waals surface area contributed by atoms with Gasteiger partial charge in [0.25, 0.3) is 0 Å². The van der Waals surface area contributed by atoms with Gasteiger partial charge < -0.3 is 14.6 Å². The molecule has 0 bridgehead atoms. The molecule has 0 unspecified atom stereocenters. The molecule has 6 nitrogen and oxygen atoms in total. The Morgan fingerprint density at radius 3 is 2.46 bits per heavy atom. The Morgan fingerprint density at radius 2 is 1.75 bits per heavy atom. The number of carbonyl (C=O) groups is 1. The molecule has 1 aliphatic heterocycles. The van der Waals surface area contributed by atoms with Crippen molar-refractivity contribution in [2.24, 2.45) is 0 Å². The Bertz CT molecular complexity index is 950. The fourth-order valence-corrected chi connectivity index (χ4v) is 3.85. The zero-order valence-electron chi connectivity index (χ0n) is 16.0. The molecule has 0 aliphatic carbocycles. The molecule has 28 heavy (non-hydrogen) atoms. The smallest absolute Gasteiger partial charge is 0.227 e. The minimum Gasteiger partial charge on any atom is -0.392 e. The quantitative estimate of drug-likeness (QED) is 0.742. The highest BCUT2D eigenvalue weighted by Gasteiger charge is 2.30. The third kappa shape index (κ3) is 3.82. The van der Waals surface area contributed by atoms with E-state index >= 15 is 0 Å². The molecule has 1 N–H and O–H groups in total. The number of aromatic nitrogens is 3. The summed E-state index contributed by atoms with van der Waals surface area (Å²) in [5, 5.41) is 17.7. The largest absolute Gasteiger partial charge is 0.392 e. The van der Waals surface area contributed by atoms with Gasteiger partial charge in [0.2, 0.25) is 5.91 Å². The molecule has 2 heterocycles. The number of hydrogen-bond donors (Lipinski definition) is 1. The van der Waals surface area contributed by atoms with Crippen molar-refractivity contribution in [3.63, 3.8) is 0 Å². The maximum Gasteiger partial charge on any atom is 0.227 e.